The van der Waals surface area contributed by atoms with Crippen molar-refractivity contribution in [3.8, 4) is 0 Å². The quantitative estimate of drug-likeness (QED) is 0.427. The fourth-order valence-corrected chi connectivity index (χ4v) is 1.89. The van der Waals surface area contributed by atoms with Gasteiger partial charge in [-0.25, -0.2) is 0 Å². The van der Waals surface area contributed by atoms with Crippen LogP contribution in [-0.4, -0.2) is 38.3 Å². The molecule has 0 aromatic carbocycles. The number of carboxylic acids is 1. The van der Waals surface area contributed by atoms with Gasteiger partial charge in [-0.05, 0) is 26.9 Å². The first-order valence-corrected chi connectivity index (χ1v) is 7.95. The summed E-state index contributed by atoms with van der Waals surface area (Å²) in [5, 5.41) is 11.2. The van der Waals surface area contributed by atoms with Gasteiger partial charge in [0, 0.05) is 12.8 Å². The molecule has 0 aliphatic heterocycles. The third-order valence-corrected chi connectivity index (χ3v) is 3.00. The molecule has 0 heterocycles. The Hall–Kier alpha value is -1.10. The van der Waals surface area contributed by atoms with Crippen molar-refractivity contribution in [2.75, 3.05) is 21.2 Å². The number of hydrogen-bond donors (Lipinski definition) is 2. The summed E-state index contributed by atoms with van der Waals surface area (Å²) in [7, 11) is 5.17. The molecule has 0 bridgehead atoms. The highest BCUT2D eigenvalue weighted by Crippen LogP contribution is 2.11. The maximum atomic E-state index is 10.8. The van der Waals surface area contributed by atoms with Crippen LogP contribution in [0.4, 0.5) is 0 Å². The van der Waals surface area contributed by atoms with Crippen LogP contribution in [0.15, 0.2) is 0 Å². The molecule has 5 nitrogen and oxygen atoms in total. The number of nitrogens with one attached hydrogen (secondary N) is 1. The molecule has 0 unspecified atom stereocenters. The molecule has 21 heavy (non-hydrogen) atoms. The first-order valence-electron chi connectivity index (χ1n) is 7.95. The fourth-order valence-electron chi connectivity index (χ4n) is 1.89. The Bertz CT molecular complexity index is 244. The van der Waals surface area contributed by atoms with E-state index in [1.54, 1.807) is 0 Å². The van der Waals surface area contributed by atoms with Gasteiger partial charge in [-0.3, -0.25) is 9.59 Å². The van der Waals surface area contributed by atoms with Crippen LogP contribution in [-0.2, 0) is 14.3 Å². The van der Waals surface area contributed by atoms with Gasteiger partial charge in [0.1, 0.15) is 0 Å². The minimum absolute atomic E-state index is 0.117. The Kier molecular flexibility index (Phi) is 20.0. The van der Waals surface area contributed by atoms with Gasteiger partial charge in [0.15, 0.2) is 0 Å². The third kappa shape index (κ3) is 24.3. The van der Waals surface area contributed by atoms with Crippen LogP contribution < -0.4 is 5.32 Å². The molecule has 0 atom stereocenters. The zero-order valence-electron chi connectivity index (χ0n) is 14.0. The molecule has 0 saturated carbocycles. The molecule has 5 heteroatoms. The summed E-state index contributed by atoms with van der Waals surface area (Å²) in [5.41, 5.74) is 0. The first kappa shape index (κ1) is 22.2. The highest BCUT2D eigenvalue weighted by molar-refractivity contribution is 5.68. The SMILES string of the molecule is CNC.COC(=O)CCCCCCCCCCCC(=O)O. The Balaban J connectivity index is 0. The van der Waals surface area contributed by atoms with Gasteiger partial charge >= 0.3 is 11.9 Å². The van der Waals surface area contributed by atoms with Crippen molar-refractivity contribution in [3.63, 3.8) is 0 Å². The summed E-state index contributed by atoms with van der Waals surface area (Å²) in [6.45, 7) is 0. The molecule has 0 radical (unpaired) electrons. The molecule has 126 valence electrons. The number of aliphatic carboxylic acids is 1. The van der Waals surface area contributed by atoms with Crippen molar-refractivity contribution in [2.24, 2.45) is 0 Å². The van der Waals surface area contributed by atoms with E-state index in [0.29, 0.717) is 12.8 Å². The zero-order valence-corrected chi connectivity index (χ0v) is 14.0. The van der Waals surface area contributed by atoms with E-state index in [4.69, 9.17) is 5.11 Å². The van der Waals surface area contributed by atoms with Crippen molar-refractivity contribution in [3.05, 3.63) is 0 Å². The van der Waals surface area contributed by atoms with Crippen LogP contribution >= 0.6 is 0 Å². The van der Waals surface area contributed by atoms with Crippen molar-refractivity contribution >= 4 is 11.9 Å². The van der Waals surface area contributed by atoms with E-state index in [2.05, 4.69) is 10.1 Å². The lowest BCUT2D eigenvalue weighted by atomic mass is 10.1. The minimum atomic E-state index is -0.694. The third-order valence-electron chi connectivity index (χ3n) is 3.00. The second-order valence-corrected chi connectivity index (χ2v) is 5.15. The molecule has 0 aromatic heterocycles. The summed E-state index contributed by atoms with van der Waals surface area (Å²) in [6.07, 6.45) is 10.6. The summed E-state index contributed by atoms with van der Waals surface area (Å²) >= 11 is 0. The number of carbonyl (C=O) groups is 2. The standard InChI is InChI=1S/C14H26O4.C2H7N/c1-18-14(17)12-10-8-6-4-2-3-5-7-9-11-13(15)16;1-3-2/h2-12H2,1H3,(H,15,16);3H,1-2H3. The molecule has 0 amide bonds. The average molecular weight is 303 g/mol. The fraction of sp³-hybridized carbons (Fsp3) is 0.875. The highest BCUT2D eigenvalue weighted by Gasteiger charge is 1.99. The average Bonchev–Trinajstić information content (AvgIpc) is 2.45. The van der Waals surface area contributed by atoms with Gasteiger partial charge in [-0.2, -0.15) is 0 Å². The number of esters is 1. The van der Waals surface area contributed by atoms with Gasteiger partial charge in [0.2, 0.25) is 0 Å². The monoisotopic (exact) mass is 303 g/mol. The lowest BCUT2D eigenvalue weighted by Crippen LogP contribution is -1.99. The van der Waals surface area contributed by atoms with E-state index in [1.165, 1.54) is 32.8 Å². The van der Waals surface area contributed by atoms with Crippen molar-refractivity contribution < 1.29 is 19.4 Å². The summed E-state index contributed by atoms with van der Waals surface area (Å²) < 4.78 is 4.57. The molecule has 0 rings (SSSR count). The maximum Gasteiger partial charge on any atom is 0.305 e. The first-order chi connectivity index (χ1) is 10.1. The molecule has 0 aliphatic rings. The number of ether oxygens (including phenoxy) is 1. The lowest BCUT2D eigenvalue weighted by molar-refractivity contribution is -0.140. The zero-order chi connectivity index (χ0) is 16.3. The Morgan fingerprint density at radius 1 is 0.810 bits per heavy atom. The van der Waals surface area contributed by atoms with E-state index in [-0.39, 0.29) is 5.97 Å². The van der Waals surface area contributed by atoms with E-state index in [9.17, 15) is 9.59 Å². The number of unbranched alkanes of at least 4 members (excludes halogenated alkanes) is 8. The van der Waals surface area contributed by atoms with Crippen molar-refractivity contribution in [1.29, 1.82) is 0 Å². The Labute approximate surface area is 129 Å². The van der Waals surface area contributed by atoms with E-state index < -0.39 is 5.97 Å². The van der Waals surface area contributed by atoms with Gasteiger partial charge in [0.25, 0.3) is 0 Å². The predicted octanol–water partition coefficient (Wildman–Crippen LogP) is 3.37. The van der Waals surface area contributed by atoms with Crippen molar-refractivity contribution in [1.82, 2.24) is 5.32 Å². The van der Waals surface area contributed by atoms with E-state index >= 15 is 0 Å². The lowest BCUT2D eigenvalue weighted by Gasteiger charge is -2.02. The molecule has 0 spiro atoms. The molecule has 0 aromatic rings. The summed E-state index contributed by atoms with van der Waals surface area (Å²) in [5.74, 6) is -0.811. The minimum Gasteiger partial charge on any atom is -0.481 e. The van der Waals surface area contributed by atoms with Crippen LogP contribution in [0.25, 0.3) is 0 Å². The second-order valence-electron chi connectivity index (χ2n) is 5.15. The summed E-state index contributed by atoms with van der Waals surface area (Å²) in [6, 6.07) is 0. The summed E-state index contributed by atoms with van der Waals surface area (Å²) in [4.78, 5) is 21.1. The molecule has 2 N–H and O–H groups in total. The van der Waals surface area contributed by atoms with E-state index in [1.807, 2.05) is 14.1 Å². The van der Waals surface area contributed by atoms with Gasteiger partial charge < -0.3 is 15.2 Å². The molecular formula is C16H33NO4. The van der Waals surface area contributed by atoms with Gasteiger partial charge in [0.05, 0.1) is 7.11 Å². The molecule has 0 saturated heterocycles. The smallest absolute Gasteiger partial charge is 0.305 e. The predicted molar refractivity (Wildman–Crippen MR) is 85.4 cm³/mol. The Morgan fingerprint density at radius 2 is 1.14 bits per heavy atom. The highest BCUT2D eigenvalue weighted by atomic mass is 16.5. The number of hydrogen-bond acceptors (Lipinski definition) is 4. The molecule has 0 fully saturated rings. The van der Waals surface area contributed by atoms with Crippen LogP contribution in [0.3, 0.4) is 0 Å². The number of carbonyl (C=O) groups excluding carboxylic acids is 1. The largest absolute Gasteiger partial charge is 0.481 e. The van der Waals surface area contributed by atoms with E-state index in [0.717, 1.165) is 32.1 Å². The maximum absolute atomic E-state index is 10.8. The van der Waals surface area contributed by atoms with Crippen LogP contribution in [0.5, 0.6) is 0 Å². The van der Waals surface area contributed by atoms with Gasteiger partial charge in [-0.1, -0.05) is 44.9 Å². The number of carboxylic acid groups (broad SMARTS) is 1. The normalized spacial score (nSPS) is 9.67. The van der Waals surface area contributed by atoms with Crippen LogP contribution in [0, 0.1) is 0 Å². The van der Waals surface area contributed by atoms with Gasteiger partial charge in [-0.15, -0.1) is 0 Å². The second kappa shape index (κ2) is 18.9. The number of rotatable bonds is 12. The number of methoxy groups -OCH3 is 1. The topological polar surface area (TPSA) is 75.6 Å². The van der Waals surface area contributed by atoms with Crippen molar-refractivity contribution in [2.45, 2.75) is 70.6 Å². The Morgan fingerprint density at radius 3 is 1.48 bits per heavy atom. The van der Waals surface area contributed by atoms with Crippen LogP contribution in [0.1, 0.15) is 70.6 Å². The molecular weight excluding hydrogens is 270 g/mol. The molecule has 0 aliphatic carbocycles. The van der Waals surface area contributed by atoms with Crippen LogP contribution in [0.2, 0.25) is 0 Å².